The Balaban J connectivity index is -0.000000125. The molecule has 0 aromatic carbocycles. The Kier molecular flexibility index (Phi) is 8.05. The first-order valence-electron chi connectivity index (χ1n) is 2.51. The van der Waals surface area contributed by atoms with Crippen LogP contribution in [0.3, 0.4) is 0 Å². The zero-order chi connectivity index (χ0) is 7.72. The molecule has 0 spiro atoms. The van der Waals surface area contributed by atoms with Crippen LogP contribution in [0.5, 0.6) is 0 Å². The average Bonchev–Trinajstić information content (AvgIpc) is 1.84. The second-order valence-corrected chi connectivity index (χ2v) is 2.15. The van der Waals surface area contributed by atoms with E-state index in [1.807, 2.05) is 0 Å². The van der Waals surface area contributed by atoms with Gasteiger partial charge in [-0.15, -0.1) is 0 Å². The number of H-pyrrole nitrogens is 2. The van der Waals surface area contributed by atoms with E-state index in [4.69, 9.17) is 0 Å². The normalized spacial score (nSPS) is 8.08. The largest absolute Gasteiger partial charge is 1.00 e. The van der Waals surface area contributed by atoms with Crippen LogP contribution in [0.4, 0.5) is 0 Å². The van der Waals surface area contributed by atoms with Crippen molar-refractivity contribution in [3.63, 3.8) is 0 Å². The van der Waals surface area contributed by atoms with Gasteiger partial charge in [-0.25, -0.2) is 0 Å². The monoisotopic (exact) mass is 207 g/mol. The van der Waals surface area contributed by atoms with Gasteiger partial charge in [0.2, 0.25) is 0 Å². The first kappa shape index (κ1) is 15.3. The fourth-order valence-corrected chi connectivity index (χ4v) is 0.630. The summed E-state index contributed by atoms with van der Waals surface area (Å²) < 4.78 is 1.46. The molecule has 0 saturated heterocycles. The number of nitrogens with one attached hydrogen (secondary N) is 2. The molecule has 1 heterocycles. The van der Waals surface area contributed by atoms with Crippen molar-refractivity contribution in [2.45, 2.75) is 0 Å². The standard InChI is InChI=1S/C4H5N3O2S.2Na.2H/c1-7-4(10)5-2(8)3(9)6-7;;;;/h1H3,(H,6,9)(H,5,8,10);;;;/q;2*+1;2*-1. The summed E-state index contributed by atoms with van der Waals surface area (Å²) in [5, 5.41) is 2.22. The molecule has 0 aliphatic rings. The summed E-state index contributed by atoms with van der Waals surface area (Å²) in [5.41, 5.74) is -1.42. The van der Waals surface area contributed by atoms with Gasteiger partial charge in [0.05, 0.1) is 0 Å². The van der Waals surface area contributed by atoms with Gasteiger partial charge in [0.15, 0.2) is 4.77 Å². The van der Waals surface area contributed by atoms with E-state index >= 15 is 0 Å². The van der Waals surface area contributed by atoms with Crippen LogP contribution in [0, 0.1) is 4.77 Å². The van der Waals surface area contributed by atoms with Crippen LogP contribution in [0.2, 0.25) is 0 Å². The first-order chi connectivity index (χ1) is 4.61. The molecule has 0 aliphatic carbocycles. The van der Waals surface area contributed by atoms with Gasteiger partial charge < -0.3 is 2.85 Å². The minimum absolute atomic E-state index is 0. The maximum absolute atomic E-state index is 10.5. The quantitative estimate of drug-likeness (QED) is 0.252. The maximum atomic E-state index is 10.5. The van der Waals surface area contributed by atoms with Gasteiger partial charge in [0.25, 0.3) is 0 Å². The summed E-state index contributed by atoms with van der Waals surface area (Å²) in [5.74, 6) is 0. The summed E-state index contributed by atoms with van der Waals surface area (Å²) in [7, 11) is 1.54. The van der Waals surface area contributed by atoms with Gasteiger partial charge in [-0.3, -0.25) is 24.4 Å². The molecule has 1 aromatic rings. The summed E-state index contributed by atoms with van der Waals surface area (Å²) in [6.07, 6.45) is 0. The van der Waals surface area contributed by atoms with E-state index in [1.54, 1.807) is 7.05 Å². The minimum Gasteiger partial charge on any atom is -1.00 e. The number of aromatic amines is 2. The number of rotatable bonds is 0. The van der Waals surface area contributed by atoms with Gasteiger partial charge in [-0.2, -0.15) is 0 Å². The van der Waals surface area contributed by atoms with E-state index in [9.17, 15) is 9.59 Å². The zero-order valence-corrected chi connectivity index (χ0v) is 12.0. The van der Waals surface area contributed by atoms with Crippen molar-refractivity contribution in [1.82, 2.24) is 14.8 Å². The Morgan fingerprint density at radius 3 is 2.25 bits per heavy atom. The number of nitrogens with zero attached hydrogens (tertiary/aromatic N) is 1. The maximum Gasteiger partial charge on any atom is 1.00 e. The Hall–Kier alpha value is 0.830. The second-order valence-electron chi connectivity index (χ2n) is 1.76. The molecule has 0 radical (unpaired) electrons. The molecule has 58 valence electrons. The van der Waals surface area contributed by atoms with Crippen LogP contribution in [0.15, 0.2) is 9.59 Å². The molecule has 0 unspecified atom stereocenters. The molecule has 5 nitrogen and oxygen atoms in total. The molecular weight excluding hydrogens is 200 g/mol. The van der Waals surface area contributed by atoms with Crippen molar-refractivity contribution in [3.05, 3.63) is 25.5 Å². The average molecular weight is 207 g/mol. The van der Waals surface area contributed by atoms with Crippen molar-refractivity contribution < 1.29 is 62.0 Å². The number of aromatic nitrogens is 3. The van der Waals surface area contributed by atoms with Crippen LogP contribution >= 0.6 is 12.2 Å². The van der Waals surface area contributed by atoms with E-state index < -0.39 is 11.1 Å². The summed E-state index contributed by atoms with van der Waals surface area (Å²) in [6.45, 7) is 0. The van der Waals surface area contributed by atoms with Crippen LogP contribution < -0.4 is 70.2 Å². The fourth-order valence-electron chi connectivity index (χ4n) is 0.492. The predicted octanol–water partition coefficient (Wildman–Crippen LogP) is -6.64. The smallest absolute Gasteiger partial charge is 1.00 e. The van der Waals surface area contributed by atoms with E-state index in [-0.39, 0.29) is 66.7 Å². The third-order valence-electron chi connectivity index (χ3n) is 1.00. The summed E-state index contributed by atoms with van der Waals surface area (Å²) >= 11 is 4.64. The molecule has 1 rings (SSSR count). The predicted molar refractivity (Wildman–Crippen MR) is 39.7 cm³/mol. The SMILES string of the molecule is Cn1[nH]c(=O)c(=O)[nH]c1=S.[H-].[H-].[Na+].[Na+]. The van der Waals surface area contributed by atoms with Crippen molar-refractivity contribution in [2.24, 2.45) is 7.05 Å². The van der Waals surface area contributed by atoms with Crippen molar-refractivity contribution in [2.75, 3.05) is 0 Å². The zero-order valence-electron chi connectivity index (χ0n) is 9.17. The van der Waals surface area contributed by atoms with Gasteiger partial charge >= 0.3 is 70.2 Å². The van der Waals surface area contributed by atoms with Crippen LogP contribution in [-0.4, -0.2) is 14.8 Å². The van der Waals surface area contributed by atoms with Crippen LogP contribution in [0.25, 0.3) is 0 Å². The van der Waals surface area contributed by atoms with E-state index in [1.165, 1.54) is 4.68 Å². The van der Waals surface area contributed by atoms with Crippen LogP contribution in [0.1, 0.15) is 2.85 Å². The Labute approximate surface area is 120 Å². The third-order valence-corrected chi connectivity index (χ3v) is 1.38. The number of aryl methyl sites for hydroxylation is 1. The second kappa shape index (κ2) is 6.31. The van der Waals surface area contributed by atoms with Gasteiger partial charge in [0.1, 0.15) is 0 Å². The van der Waals surface area contributed by atoms with Crippen LogP contribution in [-0.2, 0) is 7.05 Å². The molecule has 0 amide bonds. The van der Waals surface area contributed by atoms with Crippen molar-refractivity contribution in [3.8, 4) is 0 Å². The van der Waals surface area contributed by atoms with E-state index in [0.717, 1.165) is 0 Å². The van der Waals surface area contributed by atoms with Gasteiger partial charge in [-0.1, -0.05) is 0 Å². The molecular formula is C4H7N3Na2O2S. The summed E-state index contributed by atoms with van der Waals surface area (Å²) in [6, 6.07) is 0. The molecule has 0 aliphatic heterocycles. The fraction of sp³-hybridized carbons (Fsp3) is 0.250. The number of hydrogen-bond acceptors (Lipinski definition) is 3. The Bertz CT molecular complexity index is 414. The minimum atomic E-state index is -0.719. The van der Waals surface area contributed by atoms with E-state index in [0.29, 0.717) is 0 Å². The van der Waals surface area contributed by atoms with Gasteiger partial charge in [-0.05, 0) is 12.2 Å². The molecule has 0 bridgehead atoms. The molecule has 1 aromatic heterocycles. The van der Waals surface area contributed by atoms with Crippen molar-refractivity contribution in [1.29, 1.82) is 0 Å². The molecule has 0 fully saturated rings. The summed E-state index contributed by atoms with van der Waals surface area (Å²) in [4.78, 5) is 23.2. The molecule has 2 N–H and O–H groups in total. The Morgan fingerprint density at radius 2 is 1.83 bits per heavy atom. The van der Waals surface area contributed by atoms with E-state index in [2.05, 4.69) is 22.3 Å². The molecule has 0 atom stereocenters. The molecule has 8 heteroatoms. The van der Waals surface area contributed by atoms with Crippen molar-refractivity contribution >= 4 is 12.2 Å². The first-order valence-corrected chi connectivity index (χ1v) is 2.92. The van der Waals surface area contributed by atoms with Gasteiger partial charge in [0, 0.05) is 7.05 Å². The topological polar surface area (TPSA) is 70.7 Å². The third kappa shape index (κ3) is 3.69. The number of hydrogen-bond donors (Lipinski definition) is 2. The molecule has 12 heavy (non-hydrogen) atoms. The molecule has 0 saturated carbocycles. The Morgan fingerprint density at radius 1 is 1.33 bits per heavy atom.